The van der Waals surface area contributed by atoms with Gasteiger partial charge in [0.05, 0.1) is 17.8 Å². The molecular formula is C16H21FN2O4. The first-order valence-corrected chi connectivity index (χ1v) is 7.27. The maximum absolute atomic E-state index is 14.1. The third-order valence-corrected chi connectivity index (χ3v) is 3.03. The number of methoxy groups -OCH3 is 1. The molecule has 0 bridgehead atoms. The third-order valence-electron chi connectivity index (χ3n) is 3.03. The molecule has 0 unspecified atom stereocenters. The van der Waals surface area contributed by atoms with Gasteiger partial charge in [0, 0.05) is 18.6 Å². The molecule has 0 N–H and O–H groups in total. The number of hydrogen-bond acceptors (Lipinski definition) is 5. The Morgan fingerprint density at radius 3 is 2.61 bits per heavy atom. The standard InChI is InChI=1S/C16H21FN2O4/c1-10-11-8-12(17)14(22-7-6-21-5)9-13(11)19(18-10)15(20)23-16(2,3)4/h8-9H,6-7H2,1-5H3. The fourth-order valence-corrected chi connectivity index (χ4v) is 2.06. The quantitative estimate of drug-likeness (QED) is 0.808. The lowest BCUT2D eigenvalue weighted by Crippen LogP contribution is -2.27. The summed E-state index contributed by atoms with van der Waals surface area (Å²) in [5.41, 5.74) is 0.319. The highest BCUT2D eigenvalue weighted by molar-refractivity contribution is 5.90. The van der Waals surface area contributed by atoms with Gasteiger partial charge in [-0.2, -0.15) is 9.78 Å². The van der Waals surface area contributed by atoms with E-state index < -0.39 is 17.5 Å². The lowest BCUT2D eigenvalue weighted by atomic mass is 10.2. The Bertz CT molecular complexity index is 719. The van der Waals surface area contributed by atoms with Gasteiger partial charge < -0.3 is 14.2 Å². The SMILES string of the molecule is COCCOc1cc2c(cc1F)c(C)nn2C(=O)OC(C)(C)C. The average Bonchev–Trinajstić information content (AvgIpc) is 2.74. The molecule has 0 aliphatic rings. The molecule has 0 fully saturated rings. The van der Waals surface area contributed by atoms with Crippen LogP contribution in [0.3, 0.4) is 0 Å². The molecule has 0 saturated heterocycles. The van der Waals surface area contributed by atoms with E-state index in [4.69, 9.17) is 14.2 Å². The first kappa shape index (κ1) is 17.2. The van der Waals surface area contributed by atoms with Crippen LogP contribution in [0.2, 0.25) is 0 Å². The average molecular weight is 324 g/mol. The number of ether oxygens (including phenoxy) is 3. The van der Waals surface area contributed by atoms with E-state index in [0.717, 1.165) is 4.68 Å². The van der Waals surface area contributed by atoms with Gasteiger partial charge in [0.2, 0.25) is 0 Å². The molecule has 23 heavy (non-hydrogen) atoms. The number of halogens is 1. The number of benzene rings is 1. The van der Waals surface area contributed by atoms with E-state index in [1.54, 1.807) is 27.7 Å². The molecule has 0 saturated carbocycles. The zero-order chi connectivity index (χ0) is 17.2. The molecule has 2 aromatic rings. The van der Waals surface area contributed by atoms with Crippen molar-refractivity contribution in [1.82, 2.24) is 9.78 Å². The molecule has 6 nitrogen and oxygen atoms in total. The highest BCUT2D eigenvalue weighted by Crippen LogP contribution is 2.27. The Morgan fingerprint density at radius 1 is 1.30 bits per heavy atom. The van der Waals surface area contributed by atoms with Gasteiger partial charge in [-0.3, -0.25) is 0 Å². The lowest BCUT2D eigenvalue weighted by Gasteiger charge is -2.19. The van der Waals surface area contributed by atoms with Crippen molar-refractivity contribution in [3.05, 3.63) is 23.6 Å². The number of fused-ring (bicyclic) bond motifs is 1. The van der Waals surface area contributed by atoms with Gasteiger partial charge >= 0.3 is 6.09 Å². The van der Waals surface area contributed by atoms with Crippen LogP contribution in [0.15, 0.2) is 12.1 Å². The van der Waals surface area contributed by atoms with Crippen molar-refractivity contribution in [2.75, 3.05) is 20.3 Å². The second-order valence-electron chi connectivity index (χ2n) is 6.12. The summed E-state index contributed by atoms with van der Waals surface area (Å²) in [6.45, 7) is 7.54. The van der Waals surface area contributed by atoms with Gasteiger partial charge in [-0.25, -0.2) is 9.18 Å². The van der Waals surface area contributed by atoms with Crippen molar-refractivity contribution in [3.8, 4) is 5.75 Å². The molecule has 1 aromatic carbocycles. The Kier molecular flexibility index (Phi) is 4.89. The maximum Gasteiger partial charge on any atom is 0.435 e. The van der Waals surface area contributed by atoms with Crippen molar-refractivity contribution in [2.24, 2.45) is 0 Å². The number of nitrogens with zero attached hydrogens (tertiary/aromatic N) is 2. The second kappa shape index (κ2) is 6.54. The fourth-order valence-electron chi connectivity index (χ4n) is 2.06. The summed E-state index contributed by atoms with van der Waals surface area (Å²) in [6, 6.07) is 2.75. The van der Waals surface area contributed by atoms with Crippen molar-refractivity contribution in [1.29, 1.82) is 0 Å². The van der Waals surface area contributed by atoms with Gasteiger partial charge in [0.25, 0.3) is 0 Å². The van der Waals surface area contributed by atoms with Crippen LogP contribution in [0.1, 0.15) is 26.5 Å². The summed E-state index contributed by atoms with van der Waals surface area (Å²) < 4.78 is 30.7. The first-order valence-electron chi connectivity index (χ1n) is 7.27. The van der Waals surface area contributed by atoms with E-state index in [0.29, 0.717) is 23.2 Å². The number of rotatable bonds is 4. The predicted octanol–water partition coefficient (Wildman–Crippen LogP) is 3.29. The first-order chi connectivity index (χ1) is 10.7. The van der Waals surface area contributed by atoms with E-state index in [9.17, 15) is 9.18 Å². The highest BCUT2D eigenvalue weighted by Gasteiger charge is 2.22. The maximum atomic E-state index is 14.1. The molecular weight excluding hydrogens is 303 g/mol. The van der Waals surface area contributed by atoms with Crippen LogP contribution in [0, 0.1) is 12.7 Å². The van der Waals surface area contributed by atoms with Crippen LogP contribution in [-0.4, -0.2) is 41.8 Å². The summed E-state index contributed by atoms with van der Waals surface area (Å²) in [7, 11) is 1.53. The van der Waals surface area contributed by atoms with E-state index in [-0.39, 0.29) is 12.4 Å². The monoisotopic (exact) mass is 324 g/mol. The van der Waals surface area contributed by atoms with Gasteiger partial charge in [-0.15, -0.1) is 0 Å². The number of carbonyl (C=O) groups excluding carboxylic acids is 1. The van der Waals surface area contributed by atoms with Crippen LogP contribution in [0.4, 0.5) is 9.18 Å². The highest BCUT2D eigenvalue weighted by atomic mass is 19.1. The Morgan fingerprint density at radius 2 is 2.00 bits per heavy atom. The molecule has 1 heterocycles. The van der Waals surface area contributed by atoms with Gasteiger partial charge in [0.1, 0.15) is 12.2 Å². The van der Waals surface area contributed by atoms with E-state index in [1.165, 1.54) is 19.2 Å². The van der Waals surface area contributed by atoms with Crippen molar-refractivity contribution in [2.45, 2.75) is 33.3 Å². The molecule has 0 amide bonds. The second-order valence-corrected chi connectivity index (χ2v) is 6.12. The van der Waals surface area contributed by atoms with Crippen LogP contribution < -0.4 is 4.74 Å². The van der Waals surface area contributed by atoms with Crippen molar-refractivity contribution < 1.29 is 23.4 Å². The van der Waals surface area contributed by atoms with Crippen LogP contribution in [0.5, 0.6) is 5.75 Å². The molecule has 1 aromatic heterocycles. The van der Waals surface area contributed by atoms with Crippen molar-refractivity contribution in [3.63, 3.8) is 0 Å². The van der Waals surface area contributed by atoms with Gasteiger partial charge in [-0.1, -0.05) is 0 Å². The summed E-state index contributed by atoms with van der Waals surface area (Å²) in [6.07, 6.45) is -0.620. The number of carbonyl (C=O) groups is 1. The molecule has 126 valence electrons. The minimum atomic E-state index is -0.652. The van der Waals surface area contributed by atoms with E-state index >= 15 is 0 Å². The lowest BCUT2D eigenvalue weighted by molar-refractivity contribution is 0.0522. The van der Waals surface area contributed by atoms with Gasteiger partial charge in [0.15, 0.2) is 11.6 Å². The summed E-state index contributed by atoms with van der Waals surface area (Å²) >= 11 is 0. The van der Waals surface area contributed by atoms with Crippen LogP contribution >= 0.6 is 0 Å². The molecule has 2 rings (SSSR count). The number of aromatic nitrogens is 2. The molecule has 0 aliphatic carbocycles. The Hall–Kier alpha value is -2.15. The molecule has 7 heteroatoms. The summed E-state index contributed by atoms with van der Waals surface area (Å²) in [5.74, 6) is -0.472. The summed E-state index contributed by atoms with van der Waals surface area (Å²) in [5, 5.41) is 4.68. The molecule has 0 aliphatic heterocycles. The molecule has 0 spiro atoms. The van der Waals surface area contributed by atoms with Crippen LogP contribution in [-0.2, 0) is 9.47 Å². The molecule has 0 atom stereocenters. The minimum Gasteiger partial charge on any atom is -0.488 e. The largest absolute Gasteiger partial charge is 0.488 e. The zero-order valence-corrected chi connectivity index (χ0v) is 14.0. The number of hydrogen-bond donors (Lipinski definition) is 0. The Labute approximate surface area is 134 Å². The predicted molar refractivity (Wildman–Crippen MR) is 83.4 cm³/mol. The summed E-state index contributed by atoms with van der Waals surface area (Å²) in [4.78, 5) is 12.3. The smallest absolute Gasteiger partial charge is 0.435 e. The van der Waals surface area contributed by atoms with Gasteiger partial charge in [-0.05, 0) is 33.8 Å². The fraction of sp³-hybridized carbons (Fsp3) is 0.500. The van der Waals surface area contributed by atoms with E-state index in [1.807, 2.05) is 0 Å². The van der Waals surface area contributed by atoms with E-state index in [2.05, 4.69) is 5.10 Å². The molecule has 0 radical (unpaired) electrons. The number of aryl methyl sites for hydroxylation is 1. The third kappa shape index (κ3) is 3.98. The normalized spacial score (nSPS) is 11.7. The minimum absolute atomic E-state index is 0.0410. The zero-order valence-electron chi connectivity index (χ0n) is 14.0. The Balaban J connectivity index is 2.42. The van der Waals surface area contributed by atoms with Crippen molar-refractivity contribution >= 4 is 17.0 Å². The van der Waals surface area contributed by atoms with Crippen LogP contribution in [0.25, 0.3) is 10.9 Å². The topological polar surface area (TPSA) is 62.6 Å².